The molecule has 0 bridgehead atoms. The van der Waals surface area contributed by atoms with E-state index in [1.165, 1.54) is 0 Å². The lowest BCUT2D eigenvalue weighted by atomic mass is 9.85. The van der Waals surface area contributed by atoms with Crippen molar-refractivity contribution in [1.29, 1.82) is 0 Å². The van der Waals surface area contributed by atoms with E-state index in [0.29, 0.717) is 32.1 Å². The van der Waals surface area contributed by atoms with Crippen LogP contribution in [-0.2, 0) is 32.7 Å². The average molecular weight is 963 g/mol. The van der Waals surface area contributed by atoms with Gasteiger partial charge in [0.25, 0.3) is 0 Å². The normalized spacial score (nSPS) is 23.2. The number of phosphoric acid groups is 1. The third-order valence-electron chi connectivity index (χ3n) is 9.97. The Morgan fingerprint density at radius 3 is 1.72 bits per heavy atom. The highest BCUT2D eigenvalue weighted by molar-refractivity contribution is 7.47. The summed E-state index contributed by atoms with van der Waals surface area (Å²) in [6.45, 7) is 2.79. The van der Waals surface area contributed by atoms with Crippen LogP contribution in [0, 0.1) is 0 Å². The van der Waals surface area contributed by atoms with Crippen molar-refractivity contribution >= 4 is 19.8 Å². The summed E-state index contributed by atoms with van der Waals surface area (Å²) in [7, 11) is -5.19. The number of rotatable bonds is 36. The molecule has 1 aliphatic carbocycles. The van der Waals surface area contributed by atoms with Crippen LogP contribution in [0.15, 0.2) is 122 Å². The van der Waals surface area contributed by atoms with Gasteiger partial charge in [-0.25, -0.2) is 4.57 Å². The molecule has 1 saturated carbocycles. The minimum Gasteiger partial charge on any atom is -0.462 e. The molecule has 1 rings (SSSR count). The Balaban J connectivity index is 2.59. The second-order valence-electron chi connectivity index (χ2n) is 15.9. The number of carbonyl (C=O) groups is 2. The van der Waals surface area contributed by atoms with Crippen LogP contribution < -0.4 is 0 Å². The monoisotopic (exact) mass is 963 g/mol. The lowest BCUT2D eigenvalue weighted by molar-refractivity contribution is -0.220. The molecule has 0 heterocycles. The Morgan fingerprint density at radius 1 is 0.552 bits per heavy atom. The first kappa shape index (κ1) is 61.2. The van der Waals surface area contributed by atoms with Gasteiger partial charge in [-0.1, -0.05) is 148 Å². The van der Waals surface area contributed by atoms with E-state index < -0.39 is 87.9 Å². The first-order chi connectivity index (χ1) is 32.2. The van der Waals surface area contributed by atoms with Crippen molar-refractivity contribution in [2.75, 3.05) is 13.2 Å². The van der Waals surface area contributed by atoms with E-state index in [0.717, 1.165) is 57.8 Å². The SMILES string of the molecule is CC/C=C\C/C=C\C/C=C\C/C=C\CCCCCCC(=O)O[C@H](COC(=O)CCC/C=C\[C@H](O)/C=C/C=C\C/C=C\C=C\[C@H](O)C/C=C\CC)COP(=O)(O)OC1[C@H](O)[C@H](O)C(O)[C@H](O)[C@H]1O. The van der Waals surface area contributed by atoms with Crippen molar-refractivity contribution in [1.82, 2.24) is 0 Å². The lowest BCUT2D eigenvalue weighted by Gasteiger charge is -2.41. The van der Waals surface area contributed by atoms with Crippen LogP contribution >= 0.6 is 7.82 Å². The van der Waals surface area contributed by atoms with Gasteiger partial charge < -0.3 is 50.1 Å². The largest absolute Gasteiger partial charge is 0.472 e. The van der Waals surface area contributed by atoms with Crippen molar-refractivity contribution < 1.29 is 73.3 Å². The Morgan fingerprint density at radius 2 is 1.07 bits per heavy atom. The molecule has 378 valence electrons. The number of allylic oxidation sites excluding steroid dienone is 16. The average Bonchev–Trinajstić information content (AvgIpc) is 3.30. The third-order valence-corrected chi connectivity index (χ3v) is 11.0. The molecule has 0 amide bonds. The number of esters is 2. The lowest BCUT2D eigenvalue weighted by Crippen LogP contribution is -2.64. The molecule has 0 aromatic carbocycles. The van der Waals surface area contributed by atoms with Crippen LogP contribution in [0.2, 0.25) is 0 Å². The van der Waals surface area contributed by atoms with Gasteiger partial charge in [0.15, 0.2) is 6.10 Å². The summed E-state index contributed by atoms with van der Waals surface area (Å²) in [5, 5.41) is 70.2. The summed E-state index contributed by atoms with van der Waals surface area (Å²) in [5.74, 6) is -1.33. The maximum absolute atomic E-state index is 12.8. The van der Waals surface area contributed by atoms with Gasteiger partial charge in [0, 0.05) is 12.8 Å². The molecule has 0 aromatic heterocycles. The van der Waals surface area contributed by atoms with E-state index in [1.807, 2.05) is 37.3 Å². The number of carbonyl (C=O) groups excluding carboxylic acids is 2. The van der Waals surface area contributed by atoms with E-state index in [4.69, 9.17) is 18.5 Å². The standard InChI is InChI=1S/C51H79O15P/c1-3-5-7-8-9-10-11-12-13-14-15-16-17-18-22-25-31-38-45(55)65-43(40-64-67(61,62)66-51-49(59)47(57)46(56)48(58)50(51)60)39-63-44(54)37-32-26-30-36-42(53)35-29-24-21-19-20-23-28-34-41(52)33-27-6-4-2/h5-7,9-10,12-13,15-16,20-21,23-24,27-30,34-36,41-43,46-53,56-60H,3-4,8,11,14,17-19,22,25-26,31-33,37-40H2,1-2H3,(H,61,62)/b7-5-,10-9-,13-12-,16-15-,23-20-,24-21-,27-6-,34-28+,35-29+,36-30-/t41-,42-,43-,46?,47-,48+,49-,50-,51?/m1/s1. The first-order valence-electron chi connectivity index (χ1n) is 23.6. The molecular weight excluding hydrogens is 884 g/mol. The number of hydrogen-bond donors (Lipinski definition) is 8. The maximum Gasteiger partial charge on any atom is 0.472 e. The quantitative estimate of drug-likeness (QED) is 0.0101. The highest BCUT2D eigenvalue weighted by Crippen LogP contribution is 2.47. The zero-order valence-corrected chi connectivity index (χ0v) is 40.2. The summed E-state index contributed by atoms with van der Waals surface area (Å²) in [6.07, 6.45) is 34.5. The Kier molecular flexibility index (Phi) is 35.7. The van der Waals surface area contributed by atoms with E-state index in [-0.39, 0.29) is 12.8 Å². The molecular formula is C51H79O15P. The van der Waals surface area contributed by atoms with Crippen LogP contribution in [0.5, 0.6) is 0 Å². The zero-order chi connectivity index (χ0) is 49.5. The van der Waals surface area contributed by atoms with Crippen molar-refractivity contribution in [2.45, 2.75) is 172 Å². The molecule has 1 aliphatic rings. The number of aliphatic hydroxyl groups excluding tert-OH is 7. The van der Waals surface area contributed by atoms with Crippen molar-refractivity contribution in [3.8, 4) is 0 Å². The molecule has 3 unspecified atom stereocenters. The van der Waals surface area contributed by atoms with Crippen LogP contribution in [0.25, 0.3) is 0 Å². The molecule has 1 fully saturated rings. The van der Waals surface area contributed by atoms with E-state index in [2.05, 4.69) is 55.5 Å². The molecule has 10 atom stereocenters. The van der Waals surface area contributed by atoms with Gasteiger partial charge in [-0.15, -0.1) is 0 Å². The Bertz CT molecular complexity index is 1660. The third kappa shape index (κ3) is 31.8. The van der Waals surface area contributed by atoms with Gasteiger partial charge >= 0.3 is 19.8 Å². The van der Waals surface area contributed by atoms with Gasteiger partial charge in [-0.3, -0.25) is 18.6 Å². The highest BCUT2D eigenvalue weighted by atomic mass is 31.2. The number of hydrogen-bond acceptors (Lipinski definition) is 14. The Hall–Kier alpha value is -3.83. The molecule has 67 heavy (non-hydrogen) atoms. The minimum atomic E-state index is -5.19. The second kappa shape index (κ2) is 39.1. The molecule has 0 spiro atoms. The van der Waals surface area contributed by atoms with Crippen molar-refractivity contribution in [3.05, 3.63) is 122 Å². The molecule has 0 aliphatic heterocycles. The molecule has 0 aromatic rings. The van der Waals surface area contributed by atoms with E-state index >= 15 is 0 Å². The first-order valence-corrected chi connectivity index (χ1v) is 25.1. The summed E-state index contributed by atoms with van der Waals surface area (Å²) in [6, 6.07) is 0. The van der Waals surface area contributed by atoms with Gasteiger partial charge in [-0.05, 0) is 77.0 Å². The summed E-state index contributed by atoms with van der Waals surface area (Å²) in [4.78, 5) is 35.7. The molecule has 8 N–H and O–H groups in total. The molecule has 15 nitrogen and oxygen atoms in total. The summed E-state index contributed by atoms with van der Waals surface area (Å²) >= 11 is 0. The van der Waals surface area contributed by atoms with Gasteiger partial charge in [0.05, 0.1) is 18.8 Å². The number of phosphoric ester groups is 1. The fourth-order valence-electron chi connectivity index (χ4n) is 6.19. The van der Waals surface area contributed by atoms with Gasteiger partial charge in [0.2, 0.25) is 0 Å². The molecule has 0 saturated heterocycles. The van der Waals surface area contributed by atoms with Crippen LogP contribution in [0.4, 0.5) is 0 Å². The number of ether oxygens (including phenoxy) is 2. The predicted octanol–water partition coefficient (Wildman–Crippen LogP) is 7.33. The van der Waals surface area contributed by atoms with Gasteiger partial charge in [-0.2, -0.15) is 0 Å². The van der Waals surface area contributed by atoms with Crippen molar-refractivity contribution in [2.24, 2.45) is 0 Å². The smallest absolute Gasteiger partial charge is 0.462 e. The molecule has 16 heteroatoms. The van der Waals surface area contributed by atoms with Crippen molar-refractivity contribution in [3.63, 3.8) is 0 Å². The molecule has 0 radical (unpaired) electrons. The van der Waals surface area contributed by atoms with E-state index in [1.54, 1.807) is 42.5 Å². The maximum atomic E-state index is 12.8. The fraction of sp³-hybridized carbons (Fsp3) is 0.569. The summed E-state index contributed by atoms with van der Waals surface area (Å²) in [5.41, 5.74) is 0. The highest BCUT2D eigenvalue weighted by Gasteiger charge is 2.51. The second-order valence-corrected chi connectivity index (χ2v) is 17.3. The van der Waals surface area contributed by atoms with Crippen LogP contribution in [0.3, 0.4) is 0 Å². The fourth-order valence-corrected chi connectivity index (χ4v) is 7.17. The predicted molar refractivity (Wildman–Crippen MR) is 260 cm³/mol. The van der Waals surface area contributed by atoms with Crippen LogP contribution in [0.1, 0.15) is 117 Å². The van der Waals surface area contributed by atoms with Gasteiger partial charge in [0.1, 0.15) is 43.2 Å². The number of unbranched alkanes of at least 4 members (excludes halogenated alkanes) is 5. The zero-order valence-electron chi connectivity index (χ0n) is 39.4. The Labute approximate surface area is 398 Å². The topological polar surface area (TPSA) is 250 Å². The van der Waals surface area contributed by atoms with E-state index in [9.17, 15) is 54.8 Å². The van der Waals surface area contributed by atoms with Crippen LogP contribution in [-0.4, -0.2) is 121 Å². The number of aliphatic hydroxyl groups is 7. The summed E-state index contributed by atoms with van der Waals surface area (Å²) < 4.78 is 33.4. The minimum absolute atomic E-state index is 0.0172.